The van der Waals surface area contributed by atoms with Gasteiger partial charge in [0.1, 0.15) is 17.8 Å². The summed E-state index contributed by atoms with van der Waals surface area (Å²) in [4.78, 5) is 28.8. The summed E-state index contributed by atoms with van der Waals surface area (Å²) < 4.78 is 45.0. The summed E-state index contributed by atoms with van der Waals surface area (Å²) in [5.41, 5.74) is -1.55. The summed E-state index contributed by atoms with van der Waals surface area (Å²) >= 11 is 0. The van der Waals surface area contributed by atoms with Crippen molar-refractivity contribution < 1.29 is 22.5 Å². The van der Waals surface area contributed by atoms with E-state index in [1.807, 2.05) is 0 Å². The number of alkyl halides is 3. The summed E-state index contributed by atoms with van der Waals surface area (Å²) in [7, 11) is 0. The van der Waals surface area contributed by atoms with E-state index in [9.17, 15) is 22.8 Å². The Balaban J connectivity index is 1.92. The number of aromatic nitrogens is 3. The molecule has 0 fully saturated rings. The molecule has 0 aliphatic rings. The molecule has 0 spiro atoms. The molecule has 1 aromatic carbocycles. The maximum absolute atomic E-state index is 13.0. The fraction of sp³-hybridized carbons (Fsp3) is 0.250. The van der Waals surface area contributed by atoms with Crippen LogP contribution in [0, 0.1) is 13.8 Å². The number of carbonyl (C=O) groups is 1. The molecule has 10 heteroatoms. The van der Waals surface area contributed by atoms with Crippen molar-refractivity contribution in [3.63, 3.8) is 0 Å². The SMILES string of the molecule is Cc1noc2nc(C)n(CC(=O)Nc3ccccc3C(F)(F)F)c(=O)c12. The number of amides is 1. The maximum Gasteiger partial charge on any atom is 0.418 e. The second-order valence-electron chi connectivity index (χ2n) is 5.59. The Morgan fingerprint density at radius 1 is 1.27 bits per heavy atom. The highest BCUT2D eigenvalue weighted by Crippen LogP contribution is 2.34. The summed E-state index contributed by atoms with van der Waals surface area (Å²) in [5.74, 6) is -0.611. The van der Waals surface area contributed by atoms with Gasteiger partial charge in [0.05, 0.1) is 16.9 Å². The third kappa shape index (κ3) is 3.17. The predicted octanol–water partition coefficient (Wildman–Crippen LogP) is 2.66. The highest BCUT2D eigenvalue weighted by molar-refractivity contribution is 5.91. The van der Waals surface area contributed by atoms with E-state index in [0.717, 1.165) is 16.7 Å². The number of para-hydroxylation sites is 1. The van der Waals surface area contributed by atoms with E-state index < -0.39 is 29.8 Å². The number of benzene rings is 1. The molecule has 7 nitrogen and oxygen atoms in total. The van der Waals surface area contributed by atoms with E-state index in [4.69, 9.17) is 4.52 Å². The van der Waals surface area contributed by atoms with Gasteiger partial charge in [-0.05, 0) is 26.0 Å². The Bertz CT molecular complexity index is 1050. The molecule has 0 aliphatic heterocycles. The van der Waals surface area contributed by atoms with Gasteiger partial charge in [-0.3, -0.25) is 14.2 Å². The average molecular weight is 366 g/mol. The van der Waals surface area contributed by atoms with Gasteiger partial charge in [-0.2, -0.15) is 18.2 Å². The maximum atomic E-state index is 13.0. The van der Waals surface area contributed by atoms with Crippen LogP contribution in [0.5, 0.6) is 0 Å². The molecule has 3 aromatic rings. The van der Waals surface area contributed by atoms with Crippen LogP contribution in [-0.2, 0) is 17.5 Å². The third-order valence-corrected chi connectivity index (χ3v) is 3.77. The normalized spacial score (nSPS) is 11.7. The molecule has 0 atom stereocenters. The highest BCUT2D eigenvalue weighted by atomic mass is 19.4. The number of rotatable bonds is 3. The Labute approximate surface area is 144 Å². The van der Waals surface area contributed by atoms with Crippen molar-refractivity contribution >= 4 is 22.7 Å². The highest BCUT2D eigenvalue weighted by Gasteiger charge is 2.33. The van der Waals surface area contributed by atoms with Crippen LogP contribution in [-0.4, -0.2) is 20.6 Å². The molecule has 26 heavy (non-hydrogen) atoms. The number of hydrogen-bond acceptors (Lipinski definition) is 5. The molecule has 0 radical (unpaired) electrons. The second kappa shape index (κ2) is 6.28. The lowest BCUT2D eigenvalue weighted by Crippen LogP contribution is -2.30. The van der Waals surface area contributed by atoms with E-state index in [1.54, 1.807) is 6.92 Å². The average Bonchev–Trinajstić information content (AvgIpc) is 2.91. The molecule has 0 saturated carbocycles. The minimum absolute atomic E-state index is 0.0454. The van der Waals surface area contributed by atoms with E-state index in [2.05, 4.69) is 15.5 Å². The van der Waals surface area contributed by atoms with Gasteiger partial charge in [0, 0.05) is 0 Å². The number of halogens is 3. The number of nitrogens with zero attached hydrogens (tertiary/aromatic N) is 3. The molecule has 136 valence electrons. The van der Waals surface area contributed by atoms with Crippen molar-refractivity contribution in [2.24, 2.45) is 0 Å². The fourth-order valence-corrected chi connectivity index (χ4v) is 2.53. The van der Waals surface area contributed by atoms with Crippen molar-refractivity contribution in [1.29, 1.82) is 0 Å². The molecule has 1 N–H and O–H groups in total. The van der Waals surface area contributed by atoms with Crippen LogP contribution in [0.15, 0.2) is 33.6 Å². The molecule has 0 bridgehead atoms. The number of nitrogens with one attached hydrogen (secondary N) is 1. The third-order valence-electron chi connectivity index (χ3n) is 3.77. The topological polar surface area (TPSA) is 90.0 Å². The number of anilines is 1. The molecule has 0 saturated heterocycles. The first-order valence-electron chi connectivity index (χ1n) is 7.48. The number of aryl methyl sites for hydroxylation is 2. The zero-order chi connectivity index (χ0) is 19.1. The first-order chi connectivity index (χ1) is 12.2. The minimum atomic E-state index is -4.61. The zero-order valence-corrected chi connectivity index (χ0v) is 13.7. The number of hydrogen-bond donors (Lipinski definition) is 1. The Hall–Kier alpha value is -3.17. The predicted molar refractivity (Wildman–Crippen MR) is 85.6 cm³/mol. The van der Waals surface area contributed by atoms with Crippen molar-refractivity contribution in [3.8, 4) is 0 Å². The molecule has 0 aliphatic carbocycles. The molecular formula is C16H13F3N4O3. The van der Waals surface area contributed by atoms with Gasteiger partial charge < -0.3 is 9.84 Å². The van der Waals surface area contributed by atoms with Gasteiger partial charge in [0.15, 0.2) is 0 Å². The number of fused-ring (bicyclic) bond motifs is 1. The van der Waals surface area contributed by atoms with E-state index in [-0.39, 0.29) is 22.6 Å². The lowest BCUT2D eigenvalue weighted by Gasteiger charge is -2.14. The van der Waals surface area contributed by atoms with Crippen molar-refractivity contribution in [2.75, 3.05) is 5.32 Å². The summed E-state index contributed by atoms with van der Waals surface area (Å²) in [6.07, 6.45) is -4.61. The molecule has 2 heterocycles. The lowest BCUT2D eigenvalue weighted by atomic mass is 10.1. The van der Waals surface area contributed by atoms with Gasteiger partial charge >= 0.3 is 6.18 Å². The minimum Gasteiger partial charge on any atom is -0.335 e. The van der Waals surface area contributed by atoms with Crippen molar-refractivity contribution in [2.45, 2.75) is 26.6 Å². The van der Waals surface area contributed by atoms with Crippen LogP contribution in [0.25, 0.3) is 11.1 Å². The standard InChI is InChI=1S/C16H13F3N4O3/c1-8-13-14(26-22-8)20-9(2)23(15(13)25)7-12(24)21-11-6-4-3-5-10(11)16(17,18)19/h3-6H,7H2,1-2H3,(H,21,24). The van der Waals surface area contributed by atoms with Crippen LogP contribution >= 0.6 is 0 Å². The molecule has 1 amide bonds. The first kappa shape index (κ1) is 17.6. The first-order valence-corrected chi connectivity index (χ1v) is 7.48. The van der Waals surface area contributed by atoms with E-state index in [1.165, 1.54) is 19.1 Å². The zero-order valence-electron chi connectivity index (χ0n) is 13.7. The van der Waals surface area contributed by atoms with Gasteiger partial charge in [-0.15, -0.1) is 0 Å². The van der Waals surface area contributed by atoms with Crippen LogP contribution in [0.4, 0.5) is 18.9 Å². The van der Waals surface area contributed by atoms with Gasteiger partial charge in [0.25, 0.3) is 11.3 Å². The molecular weight excluding hydrogens is 353 g/mol. The molecule has 2 aromatic heterocycles. The van der Waals surface area contributed by atoms with E-state index >= 15 is 0 Å². The fourth-order valence-electron chi connectivity index (χ4n) is 2.53. The van der Waals surface area contributed by atoms with Crippen molar-refractivity contribution in [3.05, 3.63) is 51.7 Å². The van der Waals surface area contributed by atoms with Crippen molar-refractivity contribution in [1.82, 2.24) is 14.7 Å². The second-order valence-corrected chi connectivity index (χ2v) is 5.59. The molecule has 3 rings (SSSR count). The van der Waals surface area contributed by atoms with Gasteiger partial charge in [-0.25, -0.2) is 0 Å². The Morgan fingerprint density at radius 3 is 2.65 bits per heavy atom. The Kier molecular flexibility index (Phi) is 4.26. The summed E-state index contributed by atoms with van der Waals surface area (Å²) in [5, 5.41) is 5.96. The van der Waals surface area contributed by atoms with Gasteiger partial charge in [-0.1, -0.05) is 17.3 Å². The van der Waals surface area contributed by atoms with Crippen LogP contribution < -0.4 is 10.9 Å². The summed E-state index contributed by atoms with van der Waals surface area (Å²) in [6.45, 7) is 2.54. The van der Waals surface area contributed by atoms with Crippen LogP contribution in [0.2, 0.25) is 0 Å². The summed E-state index contributed by atoms with van der Waals surface area (Å²) in [6, 6.07) is 4.60. The largest absolute Gasteiger partial charge is 0.418 e. The van der Waals surface area contributed by atoms with E-state index in [0.29, 0.717) is 5.69 Å². The number of carbonyl (C=O) groups excluding carboxylic acids is 1. The van der Waals surface area contributed by atoms with Crippen LogP contribution in [0.3, 0.4) is 0 Å². The monoisotopic (exact) mass is 366 g/mol. The Morgan fingerprint density at radius 2 is 1.96 bits per heavy atom. The molecule has 0 unspecified atom stereocenters. The lowest BCUT2D eigenvalue weighted by molar-refractivity contribution is -0.137. The quantitative estimate of drug-likeness (QED) is 0.770. The smallest absolute Gasteiger partial charge is 0.335 e. The van der Waals surface area contributed by atoms with Crippen LogP contribution in [0.1, 0.15) is 17.1 Å². The van der Waals surface area contributed by atoms with Gasteiger partial charge in [0.2, 0.25) is 5.91 Å².